The van der Waals surface area contributed by atoms with Crippen molar-refractivity contribution in [2.24, 2.45) is 0 Å². The molecule has 0 saturated heterocycles. The Labute approximate surface area is 111 Å². The zero-order valence-corrected chi connectivity index (χ0v) is 10.8. The average molecular weight is 254 g/mol. The fourth-order valence-corrected chi connectivity index (χ4v) is 1.69. The molecule has 4 nitrogen and oxygen atoms in total. The number of aliphatic hydroxyl groups excluding tert-OH is 1. The summed E-state index contributed by atoms with van der Waals surface area (Å²) in [5.41, 5.74) is 2.04. The lowest BCUT2D eigenvalue weighted by molar-refractivity contribution is 0.194. The van der Waals surface area contributed by atoms with Crippen LogP contribution in [0, 0.1) is 18.3 Å². The van der Waals surface area contributed by atoms with Crippen molar-refractivity contribution in [2.75, 3.05) is 0 Å². The Hall–Kier alpha value is -2.38. The van der Waals surface area contributed by atoms with Gasteiger partial charge in [0.2, 0.25) is 5.88 Å². The predicted molar refractivity (Wildman–Crippen MR) is 70.8 cm³/mol. The molecule has 0 fully saturated rings. The van der Waals surface area contributed by atoms with E-state index in [2.05, 4.69) is 11.1 Å². The van der Waals surface area contributed by atoms with E-state index in [1.54, 1.807) is 37.4 Å². The molecule has 0 bridgehead atoms. The minimum absolute atomic E-state index is 0.357. The second kappa shape index (κ2) is 5.51. The van der Waals surface area contributed by atoms with Gasteiger partial charge in [0, 0.05) is 11.8 Å². The zero-order chi connectivity index (χ0) is 13.8. The summed E-state index contributed by atoms with van der Waals surface area (Å²) in [6.07, 6.45) is 0.938. The Morgan fingerprint density at radius 2 is 2.16 bits per heavy atom. The second-order valence-corrected chi connectivity index (χ2v) is 4.27. The molecule has 0 aliphatic rings. The Balaban J connectivity index is 2.39. The van der Waals surface area contributed by atoms with Gasteiger partial charge in [0.05, 0.1) is 17.7 Å². The van der Waals surface area contributed by atoms with Crippen molar-refractivity contribution in [3.8, 4) is 17.7 Å². The molecular formula is C15H14N2O2. The van der Waals surface area contributed by atoms with E-state index in [0.717, 1.165) is 5.56 Å². The molecule has 0 spiro atoms. The van der Waals surface area contributed by atoms with Gasteiger partial charge in [-0.25, -0.2) is 4.98 Å². The van der Waals surface area contributed by atoms with E-state index < -0.39 is 6.10 Å². The number of nitrogens with zero attached hydrogens (tertiary/aromatic N) is 2. The topological polar surface area (TPSA) is 66.1 Å². The molecule has 0 radical (unpaired) electrons. The summed E-state index contributed by atoms with van der Waals surface area (Å²) in [4.78, 5) is 4.13. The van der Waals surface area contributed by atoms with Crippen molar-refractivity contribution in [3.63, 3.8) is 0 Å². The van der Waals surface area contributed by atoms with Crippen LogP contribution in [0.5, 0.6) is 11.6 Å². The molecule has 19 heavy (non-hydrogen) atoms. The SMILES string of the molecule is Cc1ccc(C#N)cc1Oc1ncccc1[C@H](C)O. The standard InChI is InChI=1S/C15H14N2O2/c1-10-5-6-12(9-16)8-14(10)19-15-13(11(2)18)4-3-7-17-15/h3-8,11,18H,1-2H3/t11-/m0/s1. The lowest BCUT2D eigenvalue weighted by Crippen LogP contribution is -1.99. The highest BCUT2D eigenvalue weighted by Crippen LogP contribution is 2.29. The molecule has 0 aliphatic heterocycles. The fourth-order valence-electron chi connectivity index (χ4n) is 1.69. The molecular weight excluding hydrogens is 240 g/mol. The number of rotatable bonds is 3. The number of ether oxygens (including phenoxy) is 1. The Morgan fingerprint density at radius 1 is 1.37 bits per heavy atom. The molecule has 0 amide bonds. The van der Waals surface area contributed by atoms with E-state index in [1.807, 2.05) is 13.0 Å². The summed E-state index contributed by atoms with van der Waals surface area (Å²) in [6, 6.07) is 10.8. The lowest BCUT2D eigenvalue weighted by atomic mass is 10.1. The first-order valence-corrected chi connectivity index (χ1v) is 5.93. The van der Waals surface area contributed by atoms with Crippen molar-refractivity contribution in [1.29, 1.82) is 5.26 Å². The third-order valence-electron chi connectivity index (χ3n) is 2.77. The quantitative estimate of drug-likeness (QED) is 0.913. The molecule has 0 unspecified atom stereocenters. The summed E-state index contributed by atoms with van der Waals surface area (Å²) in [5, 5.41) is 18.6. The Bertz CT molecular complexity index is 630. The van der Waals surface area contributed by atoms with Gasteiger partial charge in [-0.15, -0.1) is 0 Å². The summed E-state index contributed by atoms with van der Waals surface area (Å²) < 4.78 is 5.72. The minimum atomic E-state index is -0.664. The van der Waals surface area contributed by atoms with E-state index in [9.17, 15) is 5.11 Å². The lowest BCUT2D eigenvalue weighted by Gasteiger charge is -2.13. The molecule has 1 aromatic heterocycles. The fraction of sp³-hybridized carbons (Fsp3) is 0.200. The number of hydrogen-bond donors (Lipinski definition) is 1. The molecule has 1 aromatic carbocycles. The average Bonchev–Trinajstić information content (AvgIpc) is 2.41. The van der Waals surface area contributed by atoms with Crippen LogP contribution in [0.25, 0.3) is 0 Å². The molecule has 4 heteroatoms. The smallest absolute Gasteiger partial charge is 0.225 e. The Kier molecular flexibility index (Phi) is 3.79. The number of pyridine rings is 1. The van der Waals surface area contributed by atoms with Gasteiger partial charge in [-0.1, -0.05) is 6.07 Å². The summed E-state index contributed by atoms with van der Waals surface area (Å²) in [7, 11) is 0. The van der Waals surface area contributed by atoms with Crippen molar-refractivity contribution >= 4 is 0 Å². The van der Waals surface area contributed by atoms with Crippen molar-refractivity contribution < 1.29 is 9.84 Å². The number of aryl methyl sites for hydroxylation is 1. The highest BCUT2D eigenvalue weighted by atomic mass is 16.5. The third kappa shape index (κ3) is 2.90. The van der Waals surface area contributed by atoms with Gasteiger partial charge in [0.15, 0.2) is 0 Å². The number of nitriles is 1. The summed E-state index contributed by atoms with van der Waals surface area (Å²) in [5.74, 6) is 0.926. The molecule has 0 saturated carbocycles. The highest BCUT2D eigenvalue weighted by Gasteiger charge is 2.12. The maximum absolute atomic E-state index is 9.68. The number of hydrogen-bond acceptors (Lipinski definition) is 4. The van der Waals surface area contributed by atoms with E-state index in [0.29, 0.717) is 22.8 Å². The summed E-state index contributed by atoms with van der Waals surface area (Å²) >= 11 is 0. The second-order valence-electron chi connectivity index (χ2n) is 4.27. The number of aliphatic hydroxyl groups is 1. The van der Waals surface area contributed by atoms with Crippen molar-refractivity contribution in [3.05, 3.63) is 53.2 Å². The van der Waals surface area contributed by atoms with Crippen LogP contribution in [0.15, 0.2) is 36.5 Å². The van der Waals surface area contributed by atoms with Gasteiger partial charge >= 0.3 is 0 Å². The molecule has 0 aliphatic carbocycles. The monoisotopic (exact) mass is 254 g/mol. The molecule has 2 aromatic rings. The van der Waals surface area contributed by atoms with Crippen LogP contribution < -0.4 is 4.74 Å². The van der Waals surface area contributed by atoms with E-state index in [1.165, 1.54) is 0 Å². The van der Waals surface area contributed by atoms with Gasteiger partial charge in [-0.3, -0.25) is 0 Å². The van der Waals surface area contributed by atoms with E-state index >= 15 is 0 Å². The molecule has 1 N–H and O–H groups in total. The van der Waals surface area contributed by atoms with Crippen LogP contribution in [0.1, 0.15) is 29.7 Å². The van der Waals surface area contributed by atoms with Crippen LogP contribution in [-0.4, -0.2) is 10.1 Å². The normalized spacial score (nSPS) is 11.7. The van der Waals surface area contributed by atoms with Gasteiger partial charge in [0.25, 0.3) is 0 Å². The van der Waals surface area contributed by atoms with Crippen LogP contribution in [-0.2, 0) is 0 Å². The van der Waals surface area contributed by atoms with Gasteiger partial charge in [-0.05, 0) is 43.7 Å². The van der Waals surface area contributed by atoms with Crippen LogP contribution in [0.4, 0.5) is 0 Å². The van der Waals surface area contributed by atoms with E-state index in [-0.39, 0.29) is 0 Å². The first-order chi connectivity index (χ1) is 9.11. The van der Waals surface area contributed by atoms with Gasteiger partial charge < -0.3 is 9.84 Å². The number of aromatic nitrogens is 1. The third-order valence-corrected chi connectivity index (χ3v) is 2.77. The van der Waals surface area contributed by atoms with Gasteiger partial charge in [0.1, 0.15) is 5.75 Å². The predicted octanol–water partition coefficient (Wildman–Crippen LogP) is 3.11. The zero-order valence-electron chi connectivity index (χ0n) is 10.8. The largest absolute Gasteiger partial charge is 0.438 e. The highest BCUT2D eigenvalue weighted by molar-refractivity contribution is 5.44. The van der Waals surface area contributed by atoms with Crippen molar-refractivity contribution in [2.45, 2.75) is 20.0 Å². The Morgan fingerprint density at radius 3 is 2.84 bits per heavy atom. The molecule has 96 valence electrons. The molecule has 2 rings (SSSR count). The first-order valence-electron chi connectivity index (χ1n) is 5.93. The maximum atomic E-state index is 9.68. The summed E-state index contributed by atoms with van der Waals surface area (Å²) in [6.45, 7) is 3.55. The van der Waals surface area contributed by atoms with Gasteiger partial charge in [-0.2, -0.15) is 5.26 Å². The number of benzene rings is 1. The van der Waals surface area contributed by atoms with E-state index in [4.69, 9.17) is 10.00 Å². The van der Waals surface area contributed by atoms with Crippen LogP contribution in [0.3, 0.4) is 0 Å². The first kappa shape index (κ1) is 13.1. The van der Waals surface area contributed by atoms with Crippen LogP contribution in [0.2, 0.25) is 0 Å². The van der Waals surface area contributed by atoms with Crippen molar-refractivity contribution in [1.82, 2.24) is 4.98 Å². The maximum Gasteiger partial charge on any atom is 0.225 e. The van der Waals surface area contributed by atoms with Crippen LogP contribution >= 0.6 is 0 Å². The molecule has 1 heterocycles. The molecule has 1 atom stereocenters. The minimum Gasteiger partial charge on any atom is -0.438 e.